The predicted octanol–water partition coefficient (Wildman–Crippen LogP) is 3.26. The number of carbonyl (C=O) groups is 2. The number of nitrogens with one attached hydrogen (secondary N) is 1. The number of halogens is 2. The second kappa shape index (κ2) is 6.42. The van der Waals surface area contributed by atoms with Crippen molar-refractivity contribution in [2.75, 3.05) is 6.79 Å². The average molecular weight is 391 g/mol. The van der Waals surface area contributed by atoms with E-state index in [1.807, 2.05) is 6.07 Å². The number of hydrogen-bond donors (Lipinski definition) is 1. The summed E-state index contributed by atoms with van der Waals surface area (Å²) in [6.07, 6.45) is 0.260. The Labute approximate surface area is 159 Å². The molecule has 1 saturated heterocycles. The van der Waals surface area contributed by atoms with Crippen LogP contribution in [-0.2, 0) is 17.8 Å². The zero-order valence-electron chi connectivity index (χ0n) is 14.4. The molecular formula is C19H16ClFN2O4. The minimum absolute atomic E-state index is 0.106. The van der Waals surface area contributed by atoms with E-state index in [-0.39, 0.29) is 30.3 Å². The Kier molecular flexibility index (Phi) is 4.19. The Morgan fingerprint density at radius 1 is 1.22 bits per heavy atom. The van der Waals surface area contributed by atoms with E-state index in [2.05, 4.69) is 5.32 Å². The molecule has 0 saturated carbocycles. The van der Waals surface area contributed by atoms with Gasteiger partial charge in [0.2, 0.25) is 6.79 Å². The molecule has 6 nitrogen and oxygen atoms in total. The van der Waals surface area contributed by atoms with Gasteiger partial charge in [0.1, 0.15) is 11.4 Å². The number of carbonyl (C=O) groups excluding carboxylic acids is 2. The van der Waals surface area contributed by atoms with Crippen molar-refractivity contribution >= 4 is 23.5 Å². The number of hydrogen-bond acceptors (Lipinski definition) is 4. The molecule has 0 spiro atoms. The minimum atomic E-state index is -1.15. The lowest BCUT2D eigenvalue weighted by atomic mass is 9.92. The van der Waals surface area contributed by atoms with E-state index in [4.69, 9.17) is 21.1 Å². The zero-order valence-corrected chi connectivity index (χ0v) is 15.2. The van der Waals surface area contributed by atoms with E-state index in [0.29, 0.717) is 11.5 Å². The highest BCUT2D eigenvalue weighted by atomic mass is 35.5. The van der Waals surface area contributed by atoms with Gasteiger partial charge in [0, 0.05) is 17.0 Å². The molecule has 1 fully saturated rings. The Hall–Kier alpha value is -2.80. The van der Waals surface area contributed by atoms with Gasteiger partial charge in [-0.2, -0.15) is 0 Å². The van der Waals surface area contributed by atoms with Gasteiger partial charge in [-0.1, -0.05) is 23.7 Å². The van der Waals surface area contributed by atoms with Crippen LogP contribution in [0.1, 0.15) is 18.1 Å². The van der Waals surface area contributed by atoms with Crippen LogP contribution in [0.15, 0.2) is 36.4 Å². The number of amides is 3. The van der Waals surface area contributed by atoms with Crippen molar-refractivity contribution in [1.82, 2.24) is 10.2 Å². The molecule has 27 heavy (non-hydrogen) atoms. The highest BCUT2D eigenvalue weighted by molar-refractivity contribution is 6.31. The highest BCUT2D eigenvalue weighted by Gasteiger charge is 2.48. The number of imide groups is 1. The van der Waals surface area contributed by atoms with Crippen molar-refractivity contribution in [3.63, 3.8) is 0 Å². The molecule has 2 aromatic carbocycles. The fourth-order valence-corrected chi connectivity index (χ4v) is 3.53. The number of benzene rings is 2. The molecule has 2 aliphatic heterocycles. The fourth-order valence-electron chi connectivity index (χ4n) is 3.31. The third-order valence-electron chi connectivity index (χ3n) is 4.72. The fraction of sp³-hybridized carbons (Fsp3) is 0.263. The lowest BCUT2D eigenvalue weighted by Crippen LogP contribution is -2.45. The van der Waals surface area contributed by atoms with Crippen LogP contribution in [-0.4, -0.2) is 29.2 Å². The predicted molar refractivity (Wildman–Crippen MR) is 95.2 cm³/mol. The van der Waals surface area contributed by atoms with Crippen LogP contribution >= 0.6 is 11.6 Å². The van der Waals surface area contributed by atoms with Gasteiger partial charge in [0.05, 0.1) is 6.54 Å². The van der Waals surface area contributed by atoms with E-state index in [0.717, 1.165) is 10.5 Å². The van der Waals surface area contributed by atoms with E-state index in [1.165, 1.54) is 18.2 Å². The summed E-state index contributed by atoms with van der Waals surface area (Å²) in [5.74, 6) is 0.237. The molecule has 0 aromatic heterocycles. The molecule has 2 aliphatic rings. The van der Waals surface area contributed by atoms with Gasteiger partial charge in [-0.15, -0.1) is 0 Å². The number of rotatable bonds is 4. The number of ether oxygens (including phenoxy) is 2. The smallest absolute Gasteiger partial charge is 0.325 e. The summed E-state index contributed by atoms with van der Waals surface area (Å²) in [4.78, 5) is 26.3. The monoisotopic (exact) mass is 390 g/mol. The molecule has 0 bridgehead atoms. The Balaban J connectivity index is 1.56. The standard InChI is InChI=1S/C19H16ClFN2O4/c1-19(8-11-5-6-15-16(7-11)27-10-26-15)17(24)23(18(25)22-19)9-12-13(20)3-2-4-14(12)21/h2-7H,8-10H2,1H3,(H,22,25)/t19-/m0/s1. The first kappa shape index (κ1) is 17.6. The second-order valence-corrected chi connectivity index (χ2v) is 7.13. The topological polar surface area (TPSA) is 67.9 Å². The molecule has 140 valence electrons. The Morgan fingerprint density at radius 2 is 2.00 bits per heavy atom. The third kappa shape index (κ3) is 3.08. The summed E-state index contributed by atoms with van der Waals surface area (Å²) in [6, 6.07) is 9.01. The molecule has 8 heteroatoms. The van der Waals surface area contributed by atoms with Crippen molar-refractivity contribution in [2.45, 2.75) is 25.4 Å². The van der Waals surface area contributed by atoms with Crippen LogP contribution in [0.5, 0.6) is 11.5 Å². The molecule has 3 amide bonds. The molecule has 4 rings (SSSR count). The van der Waals surface area contributed by atoms with Crippen LogP contribution < -0.4 is 14.8 Å². The lowest BCUT2D eigenvalue weighted by Gasteiger charge is -2.22. The van der Waals surface area contributed by atoms with Crippen LogP contribution in [0.2, 0.25) is 5.02 Å². The van der Waals surface area contributed by atoms with Gasteiger partial charge in [-0.05, 0) is 36.8 Å². The first-order valence-electron chi connectivity index (χ1n) is 8.33. The maximum absolute atomic E-state index is 14.0. The molecule has 1 N–H and O–H groups in total. The lowest BCUT2D eigenvalue weighted by molar-refractivity contribution is -0.131. The van der Waals surface area contributed by atoms with Crippen molar-refractivity contribution in [3.8, 4) is 11.5 Å². The third-order valence-corrected chi connectivity index (χ3v) is 5.07. The summed E-state index contributed by atoms with van der Waals surface area (Å²) < 4.78 is 24.7. The summed E-state index contributed by atoms with van der Waals surface area (Å²) in [5, 5.41) is 2.87. The molecule has 1 atom stereocenters. The minimum Gasteiger partial charge on any atom is -0.454 e. The molecule has 0 unspecified atom stereocenters. The first-order chi connectivity index (χ1) is 12.9. The SMILES string of the molecule is C[C@@]1(Cc2ccc3c(c2)OCO3)NC(=O)N(Cc2c(F)cccc2Cl)C1=O. The molecule has 2 heterocycles. The van der Waals surface area contributed by atoms with Crippen LogP contribution in [0.4, 0.5) is 9.18 Å². The first-order valence-corrected chi connectivity index (χ1v) is 8.71. The van der Waals surface area contributed by atoms with Gasteiger partial charge in [-0.25, -0.2) is 9.18 Å². The van der Waals surface area contributed by atoms with Crippen molar-refractivity contribution in [1.29, 1.82) is 0 Å². The van der Waals surface area contributed by atoms with Crippen molar-refractivity contribution < 1.29 is 23.5 Å². The van der Waals surface area contributed by atoms with E-state index in [9.17, 15) is 14.0 Å². The van der Waals surface area contributed by atoms with Gasteiger partial charge in [-0.3, -0.25) is 9.69 Å². The maximum Gasteiger partial charge on any atom is 0.325 e. The highest BCUT2D eigenvalue weighted by Crippen LogP contribution is 2.34. The van der Waals surface area contributed by atoms with Gasteiger partial charge >= 0.3 is 6.03 Å². The normalized spacial score (nSPS) is 20.9. The number of nitrogens with zero attached hydrogens (tertiary/aromatic N) is 1. The van der Waals surface area contributed by atoms with Crippen LogP contribution in [0.3, 0.4) is 0 Å². The van der Waals surface area contributed by atoms with Crippen LogP contribution in [0, 0.1) is 5.82 Å². The van der Waals surface area contributed by atoms with Crippen molar-refractivity contribution in [2.24, 2.45) is 0 Å². The molecule has 0 radical (unpaired) electrons. The molecule has 2 aromatic rings. The van der Waals surface area contributed by atoms with E-state index < -0.39 is 23.3 Å². The maximum atomic E-state index is 14.0. The van der Waals surface area contributed by atoms with Crippen molar-refractivity contribution in [3.05, 3.63) is 58.4 Å². The second-order valence-electron chi connectivity index (χ2n) is 6.72. The summed E-state index contributed by atoms with van der Waals surface area (Å²) in [6.45, 7) is 1.57. The Morgan fingerprint density at radius 3 is 2.78 bits per heavy atom. The quantitative estimate of drug-likeness (QED) is 0.814. The summed E-state index contributed by atoms with van der Waals surface area (Å²) in [5.41, 5.74) is -0.237. The molecule has 0 aliphatic carbocycles. The number of urea groups is 1. The largest absolute Gasteiger partial charge is 0.454 e. The van der Waals surface area contributed by atoms with Gasteiger partial charge < -0.3 is 14.8 Å². The molecular weight excluding hydrogens is 375 g/mol. The van der Waals surface area contributed by atoms with E-state index in [1.54, 1.807) is 19.1 Å². The summed E-state index contributed by atoms with van der Waals surface area (Å²) >= 11 is 6.02. The van der Waals surface area contributed by atoms with Gasteiger partial charge in [0.25, 0.3) is 5.91 Å². The van der Waals surface area contributed by atoms with Crippen LogP contribution in [0.25, 0.3) is 0 Å². The Bertz CT molecular complexity index is 931. The van der Waals surface area contributed by atoms with Gasteiger partial charge in [0.15, 0.2) is 11.5 Å². The summed E-state index contributed by atoms with van der Waals surface area (Å²) in [7, 11) is 0. The number of fused-ring (bicyclic) bond motifs is 1. The zero-order chi connectivity index (χ0) is 19.2. The van der Waals surface area contributed by atoms with E-state index >= 15 is 0 Å². The average Bonchev–Trinajstić information content (AvgIpc) is 3.15.